The summed E-state index contributed by atoms with van der Waals surface area (Å²) in [5.74, 6) is -0.00230. The van der Waals surface area contributed by atoms with Crippen molar-refractivity contribution in [1.29, 1.82) is 0 Å². The van der Waals surface area contributed by atoms with E-state index >= 15 is 0 Å². The predicted molar refractivity (Wildman–Crippen MR) is 66.8 cm³/mol. The van der Waals surface area contributed by atoms with Crippen LogP contribution in [0.1, 0.15) is 23.2 Å². The van der Waals surface area contributed by atoms with Gasteiger partial charge in [-0.2, -0.15) is 0 Å². The van der Waals surface area contributed by atoms with Gasteiger partial charge in [-0.3, -0.25) is 4.40 Å². The van der Waals surface area contributed by atoms with E-state index in [1.807, 2.05) is 0 Å². The van der Waals surface area contributed by atoms with Crippen LogP contribution < -0.4 is 0 Å². The molecular weight excluding hydrogens is 246 g/mol. The number of fused-ring (bicyclic) bond motifs is 1. The zero-order valence-corrected chi connectivity index (χ0v) is 10.5. The number of pyridine rings is 1. The van der Waals surface area contributed by atoms with Crippen LogP contribution in [0.3, 0.4) is 0 Å². The topological polar surface area (TPSA) is 65.7 Å². The molecule has 6 heteroatoms. The molecule has 0 bridgehead atoms. The Hall–Kier alpha value is -1.95. The normalized spacial score (nSPS) is 19.5. The van der Waals surface area contributed by atoms with Gasteiger partial charge in [0.2, 0.25) is 0 Å². The Morgan fingerprint density at radius 2 is 2.47 bits per heavy atom. The minimum absolute atomic E-state index is 0.316. The molecule has 0 N–H and O–H groups in total. The maximum atomic E-state index is 11.9. The first-order valence-corrected chi connectivity index (χ1v) is 6.37. The molecular formula is C13H15N3O3. The largest absolute Gasteiger partial charge is 0.462 e. The van der Waals surface area contributed by atoms with Crippen molar-refractivity contribution in [2.45, 2.75) is 12.8 Å². The minimum Gasteiger partial charge on any atom is -0.462 e. The van der Waals surface area contributed by atoms with Crippen LogP contribution in [0.25, 0.3) is 5.65 Å². The molecule has 2 aromatic heterocycles. The van der Waals surface area contributed by atoms with E-state index in [0.717, 1.165) is 19.4 Å². The number of ether oxygens (including phenoxy) is 2. The van der Waals surface area contributed by atoms with Gasteiger partial charge >= 0.3 is 5.97 Å². The highest BCUT2D eigenvalue weighted by molar-refractivity contribution is 5.89. The second kappa shape index (κ2) is 5.36. The molecule has 0 radical (unpaired) electrons. The highest BCUT2D eigenvalue weighted by Crippen LogP contribution is 2.14. The summed E-state index contributed by atoms with van der Waals surface area (Å²) in [5.41, 5.74) is 1.21. The molecule has 1 saturated heterocycles. The van der Waals surface area contributed by atoms with Gasteiger partial charge in [0.1, 0.15) is 6.33 Å². The van der Waals surface area contributed by atoms with Gasteiger partial charge < -0.3 is 9.47 Å². The maximum absolute atomic E-state index is 11.9. The van der Waals surface area contributed by atoms with E-state index in [1.165, 1.54) is 0 Å². The fourth-order valence-electron chi connectivity index (χ4n) is 2.16. The molecule has 3 rings (SSSR count). The molecule has 1 unspecified atom stereocenters. The predicted octanol–water partition coefficient (Wildman–Crippen LogP) is 1.31. The van der Waals surface area contributed by atoms with Crippen molar-refractivity contribution in [2.24, 2.45) is 5.92 Å². The van der Waals surface area contributed by atoms with Gasteiger partial charge in [0.05, 0.1) is 18.8 Å². The van der Waals surface area contributed by atoms with Gasteiger partial charge in [-0.25, -0.2) is 4.79 Å². The van der Waals surface area contributed by atoms with Crippen molar-refractivity contribution in [3.8, 4) is 0 Å². The van der Waals surface area contributed by atoms with Crippen molar-refractivity contribution >= 4 is 11.6 Å². The summed E-state index contributed by atoms with van der Waals surface area (Å²) in [7, 11) is 0. The zero-order chi connectivity index (χ0) is 13.1. The van der Waals surface area contributed by atoms with Crippen LogP contribution in [0.2, 0.25) is 0 Å². The lowest BCUT2D eigenvalue weighted by Crippen LogP contribution is -2.23. The van der Waals surface area contributed by atoms with Crippen LogP contribution in [0.15, 0.2) is 24.7 Å². The summed E-state index contributed by atoms with van der Waals surface area (Å²) < 4.78 is 12.4. The Morgan fingerprint density at radius 1 is 1.53 bits per heavy atom. The molecule has 0 aromatic carbocycles. The highest BCUT2D eigenvalue weighted by Gasteiger charge is 2.17. The third-order valence-electron chi connectivity index (χ3n) is 3.23. The van der Waals surface area contributed by atoms with Gasteiger partial charge in [-0.1, -0.05) is 0 Å². The van der Waals surface area contributed by atoms with Crippen molar-refractivity contribution in [3.05, 3.63) is 30.2 Å². The van der Waals surface area contributed by atoms with Crippen LogP contribution in [-0.4, -0.2) is 40.4 Å². The molecule has 100 valence electrons. The van der Waals surface area contributed by atoms with Crippen LogP contribution in [0.5, 0.6) is 0 Å². The van der Waals surface area contributed by atoms with E-state index in [-0.39, 0.29) is 5.97 Å². The van der Waals surface area contributed by atoms with E-state index in [4.69, 9.17) is 9.47 Å². The average Bonchev–Trinajstić information content (AvgIpc) is 2.93. The van der Waals surface area contributed by atoms with Crippen molar-refractivity contribution < 1.29 is 14.3 Å². The molecule has 1 atom stereocenters. The van der Waals surface area contributed by atoms with Gasteiger partial charge in [0.25, 0.3) is 0 Å². The summed E-state index contributed by atoms with van der Waals surface area (Å²) >= 11 is 0. The second-order valence-corrected chi connectivity index (χ2v) is 4.70. The number of esters is 1. The lowest BCUT2D eigenvalue weighted by Gasteiger charge is -2.21. The van der Waals surface area contributed by atoms with Gasteiger partial charge in [-0.05, 0) is 25.0 Å². The lowest BCUT2D eigenvalue weighted by atomic mass is 10.0. The quantitative estimate of drug-likeness (QED) is 0.779. The fraction of sp³-hybridized carbons (Fsp3) is 0.462. The standard InChI is InChI=1S/C13H15N3O3/c17-13(19-8-10-2-1-5-18-7-10)11-3-4-12-15-14-9-16(12)6-11/h3-4,6,9-10H,1-2,5,7-8H2. The Morgan fingerprint density at radius 3 is 3.32 bits per heavy atom. The molecule has 0 aliphatic carbocycles. The van der Waals surface area contributed by atoms with Gasteiger partial charge in [-0.15, -0.1) is 10.2 Å². The summed E-state index contributed by atoms with van der Waals surface area (Å²) in [6.07, 6.45) is 5.32. The first-order chi connectivity index (χ1) is 9.33. The monoisotopic (exact) mass is 261 g/mol. The molecule has 1 aliphatic heterocycles. The maximum Gasteiger partial charge on any atom is 0.339 e. The summed E-state index contributed by atoms with van der Waals surface area (Å²) in [4.78, 5) is 11.9. The minimum atomic E-state index is -0.318. The molecule has 1 fully saturated rings. The zero-order valence-electron chi connectivity index (χ0n) is 10.5. The Labute approximate surface area is 110 Å². The fourth-order valence-corrected chi connectivity index (χ4v) is 2.16. The Balaban J connectivity index is 1.62. The third-order valence-corrected chi connectivity index (χ3v) is 3.23. The third kappa shape index (κ3) is 2.73. The van der Waals surface area contributed by atoms with E-state index in [9.17, 15) is 4.79 Å². The van der Waals surface area contributed by atoms with Crippen LogP contribution in [0, 0.1) is 5.92 Å². The number of hydrogen-bond acceptors (Lipinski definition) is 5. The highest BCUT2D eigenvalue weighted by atomic mass is 16.5. The van der Waals surface area contributed by atoms with Crippen LogP contribution >= 0.6 is 0 Å². The number of hydrogen-bond donors (Lipinski definition) is 0. The average molecular weight is 261 g/mol. The van der Waals surface area contributed by atoms with Crippen molar-refractivity contribution in [2.75, 3.05) is 19.8 Å². The second-order valence-electron chi connectivity index (χ2n) is 4.70. The van der Waals surface area contributed by atoms with E-state index < -0.39 is 0 Å². The molecule has 0 amide bonds. The summed E-state index contributed by atoms with van der Waals surface area (Å²) in [6.45, 7) is 1.91. The smallest absolute Gasteiger partial charge is 0.339 e. The van der Waals surface area contributed by atoms with Gasteiger partial charge in [0, 0.05) is 18.7 Å². The summed E-state index contributed by atoms with van der Waals surface area (Å²) in [6, 6.07) is 3.44. The molecule has 6 nitrogen and oxygen atoms in total. The number of carbonyl (C=O) groups is 1. The van der Waals surface area contributed by atoms with Gasteiger partial charge in [0.15, 0.2) is 5.65 Å². The number of carbonyl (C=O) groups excluding carboxylic acids is 1. The molecule has 1 aliphatic rings. The van der Waals surface area contributed by atoms with E-state index in [2.05, 4.69) is 10.2 Å². The van der Waals surface area contributed by atoms with Crippen LogP contribution in [-0.2, 0) is 9.47 Å². The lowest BCUT2D eigenvalue weighted by molar-refractivity contribution is 0.00857. The van der Waals surface area contributed by atoms with Crippen molar-refractivity contribution in [3.63, 3.8) is 0 Å². The number of nitrogens with zero attached hydrogens (tertiary/aromatic N) is 3. The molecule has 3 heterocycles. The first-order valence-electron chi connectivity index (χ1n) is 6.37. The Kier molecular flexibility index (Phi) is 3.41. The van der Waals surface area contributed by atoms with Crippen molar-refractivity contribution in [1.82, 2.24) is 14.6 Å². The van der Waals surface area contributed by atoms with Crippen LogP contribution in [0.4, 0.5) is 0 Å². The first kappa shape index (κ1) is 12.1. The Bertz CT molecular complexity index is 575. The summed E-state index contributed by atoms with van der Waals surface area (Å²) in [5, 5.41) is 7.65. The molecule has 2 aromatic rings. The van der Waals surface area contributed by atoms with E-state index in [1.54, 1.807) is 29.1 Å². The molecule has 0 saturated carbocycles. The van der Waals surface area contributed by atoms with E-state index in [0.29, 0.717) is 30.3 Å². The SMILES string of the molecule is O=C(OCC1CCCOC1)c1ccc2nncn2c1. The molecule has 19 heavy (non-hydrogen) atoms. The molecule has 0 spiro atoms. The number of aromatic nitrogens is 3. The number of rotatable bonds is 3.